The lowest BCUT2D eigenvalue weighted by molar-refractivity contribution is -0.122. The molecule has 2 N–H and O–H groups in total. The minimum absolute atomic E-state index is 0.0256. The number of rotatable bonds is 3. The molecule has 1 aromatic carbocycles. The number of aryl methyl sites for hydroxylation is 2. The highest BCUT2D eigenvalue weighted by atomic mass is 32.2. The Kier molecular flexibility index (Phi) is 4.87. The van der Waals surface area contributed by atoms with E-state index in [1.165, 1.54) is 0 Å². The molecule has 0 unspecified atom stereocenters. The van der Waals surface area contributed by atoms with E-state index in [9.17, 15) is 13.2 Å². The molecule has 0 saturated carbocycles. The van der Waals surface area contributed by atoms with Gasteiger partial charge in [0.1, 0.15) is 0 Å². The molecule has 6 heteroatoms. The first-order valence-corrected chi connectivity index (χ1v) is 9.40. The normalized spacial score (nSPS) is 19.5. The molecule has 1 atom stereocenters. The number of amides is 1. The van der Waals surface area contributed by atoms with Gasteiger partial charge in [0.05, 0.1) is 4.90 Å². The van der Waals surface area contributed by atoms with Gasteiger partial charge in [0, 0.05) is 19.0 Å². The SMILES string of the molecule is Cc1cc(C(C)(C)C)cc(C)c1S(=O)(=O)N[C@H]1CCC(=O)NC1. The van der Waals surface area contributed by atoms with Gasteiger partial charge in [0.25, 0.3) is 0 Å². The van der Waals surface area contributed by atoms with Crippen molar-refractivity contribution >= 4 is 15.9 Å². The molecule has 0 bridgehead atoms. The predicted octanol–water partition coefficient (Wildman–Crippen LogP) is 2.16. The number of benzene rings is 1. The van der Waals surface area contributed by atoms with E-state index < -0.39 is 10.0 Å². The van der Waals surface area contributed by atoms with Crippen molar-refractivity contribution in [1.82, 2.24) is 10.0 Å². The summed E-state index contributed by atoms with van der Waals surface area (Å²) in [6, 6.07) is 3.65. The summed E-state index contributed by atoms with van der Waals surface area (Å²) in [5, 5.41) is 2.70. The van der Waals surface area contributed by atoms with Gasteiger partial charge in [-0.3, -0.25) is 4.79 Å². The summed E-state index contributed by atoms with van der Waals surface area (Å²) in [7, 11) is -3.60. The Morgan fingerprint density at radius 3 is 2.17 bits per heavy atom. The monoisotopic (exact) mass is 338 g/mol. The number of piperidine rings is 1. The molecule has 128 valence electrons. The van der Waals surface area contributed by atoms with Crippen LogP contribution < -0.4 is 10.0 Å². The third kappa shape index (κ3) is 4.12. The maximum Gasteiger partial charge on any atom is 0.241 e. The Morgan fingerprint density at radius 1 is 1.17 bits per heavy atom. The topological polar surface area (TPSA) is 75.3 Å². The third-order valence-electron chi connectivity index (χ3n) is 4.18. The lowest BCUT2D eigenvalue weighted by Crippen LogP contribution is -2.47. The number of hydrogen-bond acceptors (Lipinski definition) is 3. The fourth-order valence-corrected chi connectivity index (χ4v) is 4.64. The van der Waals surface area contributed by atoms with Crippen LogP contribution in [-0.2, 0) is 20.2 Å². The van der Waals surface area contributed by atoms with Crippen molar-refractivity contribution in [3.63, 3.8) is 0 Å². The lowest BCUT2D eigenvalue weighted by atomic mass is 9.85. The second-order valence-electron chi connectivity index (χ2n) is 7.35. The van der Waals surface area contributed by atoms with Crippen LogP contribution in [-0.4, -0.2) is 26.9 Å². The van der Waals surface area contributed by atoms with Crippen LogP contribution in [0.25, 0.3) is 0 Å². The maximum atomic E-state index is 12.8. The van der Waals surface area contributed by atoms with Gasteiger partial charge in [-0.2, -0.15) is 0 Å². The van der Waals surface area contributed by atoms with Crippen molar-refractivity contribution in [2.24, 2.45) is 0 Å². The first-order chi connectivity index (χ1) is 10.5. The minimum Gasteiger partial charge on any atom is -0.355 e. The van der Waals surface area contributed by atoms with Gasteiger partial charge in [-0.15, -0.1) is 0 Å². The smallest absolute Gasteiger partial charge is 0.241 e. The van der Waals surface area contributed by atoms with E-state index in [4.69, 9.17) is 0 Å². The largest absolute Gasteiger partial charge is 0.355 e. The summed E-state index contributed by atoms with van der Waals surface area (Å²) in [5.74, 6) is -0.0256. The first-order valence-electron chi connectivity index (χ1n) is 7.91. The number of nitrogens with one attached hydrogen (secondary N) is 2. The van der Waals surface area contributed by atoms with Crippen molar-refractivity contribution in [1.29, 1.82) is 0 Å². The van der Waals surface area contributed by atoms with E-state index in [2.05, 4.69) is 30.8 Å². The Bertz CT molecular complexity index is 685. The van der Waals surface area contributed by atoms with Crippen LogP contribution in [0, 0.1) is 13.8 Å². The van der Waals surface area contributed by atoms with E-state index in [1.807, 2.05) is 26.0 Å². The van der Waals surface area contributed by atoms with Gasteiger partial charge in [-0.05, 0) is 42.4 Å². The van der Waals surface area contributed by atoms with Gasteiger partial charge in [0.2, 0.25) is 15.9 Å². The van der Waals surface area contributed by atoms with E-state index in [0.717, 1.165) is 16.7 Å². The van der Waals surface area contributed by atoms with Crippen LogP contribution in [0.3, 0.4) is 0 Å². The fraction of sp³-hybridized carbons (Fsp3) is 0.588. The van der Waals surface area contributed by atoms with Gasteiger partial charge >= 0.3 is 0 Å². The molecule has 1 heterocycles. The molecule has 0 spiro atoms. The molecule has 1 amide bonds. The number of carbonyl (C=O) groups is 1. The zero-order valence-corrected chi connectivity index (χ0v) is 15.3. The van der Waals surface area contributed by atoms with E-state index in [0.29, 0.717) is 24.3 Å². The van der Waals surface area contributed by atoms with Crippen LogP contribution in [0.5, 0.6) is 0 Å². The second kappa shape index (κ2) is 6.24. The summed E-state index contributed by atoms with van der Waals surface area (Å²) >= 11 is 0. The molecule has 2 rings (SSSR count). The van der Waals surface area contributed by atoms with E-state index in [-0.39, 0.29) is 17.4 Å². The molecule has 1 aliphatic rings. The number of sulfonamides is 1. The Labute approximate surface area is 138 Å². The van der Waals surface area contributed by atoms with Gasteiger partial charge in [-0.25, -0.2) is 13.1 Å². The lowest BCUT2D eigenvalue weighted by Gasteiger charge is -2.25. The summed E-state index contributed by atoms with van der Waals surface area (Å²) in [5.41, 5.74) is 2.60. The molecule has 1 aliphatic heterocycles. The Hall–Kier alpha value is -1.40. The summed E-state index contributed by atoms with van der Waals surface area (Å²) < 4.78 is 28.3. The van der Waals surface area contributed by atoms with Gasteiger partial charge in [-0.1, -0.05) is 32.9 Å². The van der Waals surface area contributed by atoms with Crippen LogP contribution >= 0.6 is 0 Å². The quantitative estimate of drug-likeness (QED) is 0.887. The van der Waals surface area contributed by atoms with Gasteiger partial charge in [0.15, 0.2) is 0 Å². The van der Waals surface area contributed by atoms with E-state index in [1.54, 1.807) is 0 Å². The standard InChI is InChI=1S/C17H26N2O3S/c1-11-8-13(17(3,4)5)9-12(2)16(11)23(21,22)19-14-6-7-15(20)18-10-14/h8-9,14,19H,6-7,10H2,1-5H3,(H,18,20)/t14-/m0/s1. The average molecular weight is 338 g/mol. The zero-order valence-electron chi connectivity index (χ0n) is 14.5. The highest BCUT2D eigenvalue weighted by molar-refractivity contribution is 7.89. The summed E-state index contributed by atoms with van der Waals surface area (Å²) in [6.45, 7) is 10.3. The first kappa shape index (κ1) is 17.9. The molecule has 5 nitrogen and oxygen atoms in total. The maximum absolute atomic E-state index is 12.8. The van der Waals surface area contributed by atoms with Crippen molar-refractivity contribution in [2.75, 3.05) is 6.54 Å². The van der Waals surface area contributed by atoms with Crippen LogP contribution in [0.1, 0.15) is 50.3 Å². The van der Waals surface area contributed by atoms with Crippen LogP contribution in [0.4, 0.5) is 0 Å². The second-order valence-corrected chi connectivity index (χ2v) is 9.00. The summed E-state index contributed by atoms with van der Waals surface area (Å²) in [4.78, 5) is 11.5. The molecule has 0 radical (unpaired) electrons. The highest BCUT2D eigenvalue weighted by Crippen LogP contribution is 2.29. The fourth-order valence-electron chi connectivity index (χ4n) is 2.92. The highest BCUT2D eigenvalue weighted by Gasteiger charge is 2.27. The molecule has 1 aromatic rings. The van der Waals surface area contributed by atoms with Gasteiger partial charge < -0.3 is 5.32 Å². The van der Waals surface area contributed by atoms with E-state index >= 15 is 0 Å². The third-order valence-corrected chi connectivity index (χ3v) is 6.01. The summed E-state index contributed by atoms with van der Waals surface area (Å²) in [6.07, 6.45) is 0.886. The van der Waals surface area contributed by atoms with Crippen molar-refractivity contribution in [2.45, 2.75) is 63.8 Å². The molecular weight excluding hydrogens is 312 g/mol. The Morgan fingerprint density at radius 2 is 1.74 bits per heavy atom. The van der Waals surface area contributed by atoms with Crippen molar-refractivity contribution in [3.05, 3.63) is 28.8 Å². The number of carbonyl (C=O) groups excluding carboxylic acids is 1. The predicted molar refractivity (Wildman–Crippen MR) is 91.0 cm³/mol. The van der Waals surface area contributed by atoms with Crippen LogP contribution in [0.2, 0.25) is 0 Å². The molecule has 0 aromatic heterocycles. The van der Waals surface area contributed by atoms with Crippen LogP contribution in [0.15, 0.2) is 17.0 Å². The molecular formula is C17H26N2O3S. The Balaban J connectivity index is 2.31. The van der Waals surface area contributed by atoms with Crippen molar-refractivity contribution in [3.8, 4) is 0 Å². The average Bonchev–Trinajstić information content (AvgIpc) is 2.39. The minimum atomic E-state index is -3.60. The number of hydrogen-bond donors (Lipinski definition) is 2. The van der Waals surface area contributed by atoms with Crippen molar-refractivity contribution < 1.29 is 13.2 Å². The molecule has 23 heavy (non-hydrogen) atoms. The molecule has 0 aliphatic carbocycles. The molecule has 1 saturated heterocycles. The molecule has 1 fully saturated rings. The zero-order chi connectivity index (χ0) is 17.4.